The molecule has 1 aliphatic heterocycles. The Labute approximate surface area is 222 Å². The highest BCUT2D eigenvalue weighted by Gasteiger charge is 2.20. The van der Waals surface area contributed by atoms with Gasteiger partial charge in [-0.1, -0.05) is 12.1 Å². The Morgan fingerprint density at radius 1 is 1.00 bits per heavy atom. The van der Waals surface area contributed by atoms with Gasteiger partial charge in [0.1, 0.15) is 17.2 Å². The number of fused-ring (bicyclic) bond motifs is 1. The summed E-state index contributed by atoms with van der Waals surface area (Å²) in [7, 11) is 2.08. The van der Waals surface area contributed by atoms with Crippen molar-refractivity contribution in [2.24, 2.45) is 0 Å². The third-order valence-electron chi connectivity index (χ3n) is 7.00. The van der Waals surface area contributed by atoms with Crippen LogP contribution in [0.1, 0.15) is 33.7 Å². The average molecular weight is 509 g/mol. The van der Waals surface area contributed by atoms with Gasteiger partial charge in [0, 0.05) is 56.2 Å². The van der Waals surface area contributed by atoms with Crippen molar-refractivity contribution in [3.63, 3.8) is 0 Å². The van der Waals surface area contributed by atoms with Gasteiger partial charge in [-0.15, -0.1) is 0 Å². The number of carbonyl (C=O) groups excluding carboxylic acids is 2. The Balaban J connectivity index is 1.25. The van der Waals surface area contributed by atoms with E-state index in [1.165, 1.54) is 0 Å². The van der Waals surface area contributed by atoms with Crippen LogP contribution in [0.15, 0.2) is 71.3 Å². The van der Waals surface area contributed by atoms with Crippen molar-refractivity contribution < 1.29 is 14.0 Å². The van der Waals surface area contributed by atoms with Crippen LogP contribution in [0.4, 0.5) is 5.82 Å². The zero-order chi connectivity index (χ0) is 26.6. The molecule has 7 heteroatoms. The molecule has 2 aromatic carbocycles. The average Bonchev–Trinajstić information content (AvgIpc) is 3.35. The van der Waals surface area contributed by atoms with Gasteiger partial charge in [0.05, 0.1) is 0 Å². The molecule has 0 bridgehead atoms. The fraction of sp³-hybridized carbons (Fsp3) is 0.258. The van der Waals surface area contributed by atoms with Crippen LogP contribution in [-0.4, -0.2) is 59.7 Å². The molecule has 0 unspecified atom stereocenters. The molecular weight excluding hydrogens is 476 g/mol. The van der Waals surface area contributed by atoms with Crippen molar-refractivity contribution in [3.05, 3.63) is 89.3 Å². The standard InChI is InChI=1S/C31H32N4O3/c1-21-17-25(23-5-7-24(8-6-23)31(37)35-15-13-34(2)14-16-35)18-26-19-28(38-30(21)26)11-10-27(36)9-3-22-4-12-29(32)33-20-22/h3-9,12,17-20H,10-11,13-16H2,1-2H3,(H2,32,33)/b9-3+. The fourth-order valence-electron chi connectivity index (χ4n) is 4.70. The minimum Gasteiger partial charge on any atom is -0.461 e. The normalized spacial score (nSPS) is 14.4. The number of nitrogen functional groups attached to an aromatic ring is 1. The van der Waals surface area contributed by atoms with Gasteiger partial charge in [0.2, 0.25) is 0 Å². The highest BCUT2D eigenvalue weighted by Crippen LogP contribution is 2.30. The Morgan fingerprint density at radius 2 is 1.76 bits per heavy atom. The summed E-state index contributed by atoms with van der Waals surface area (Å²) in [6.45, 7) is 5.36. The summed E-state index contributed by atoms with van der Waals surface area (Å²) in [5.74, 6) is 1.34. The zero-order valence-corrected chi connectivity index (χ0v) is 21.8. The number of hydrogen-bond donors (Lipinski definition) is 1. The minimum atomic E-state index is 0.0194. The molecule has 0 aliphatic carbocycles. The molecule has 194 valence electrons. The van der Waals surface area contributed by atoms with E-state index in [0.717, 1.165) is 65.2 Å². The monoisotopic (exact) mass is 508 g/mol. The van der Waals surface area contributed by atoms with Crippen molar-refractivity contribution in [2.75, 3.05) is 39.0 Å². The van der Waals surface area contributed by atoms with Crippen molar-refractivity contribution in [3.8, 4) is 11.1 Å². The van der Waals surface area contributed by atoms with Crippen LogP contribution in [0.3, 0.4) is 0 Å². The summed E-state index contributed by atoms with van der Waals surface area (Å²) in [5, 5.41) is 1.00. The summed E-state index contributed by atoms with van der Waals surface area (Å²) in [5.41, 5.74) is 11.1. The predicted molar refractivity (Wildman–Crippen MR) is 151 cm³/mol. The lowest BCUT2D eigenvalue weighted by atomic mass is 9.99. The second-order valence-electron chi connectivity index (χ2n) is 9.91. The van der Waals surface area contributed by atoms with Gasteiger partial charge in [0.15, 0.2) is 5.78 Å². The lowest BCUT2D eigenvalue weighted by Gasteiger charge is -2.32. The molecule has 0 saturated carbocycles. The van der Waals surface area contributed by atoms with E-state index < -0.39 is 0 Å². The number of aryl methyl sites for hydroxylation is 2. The molecule has 0 spiro atoms. The van der Waals surface area contributed by atoms with Crippen LogP contribution in [0.25, 0.3) is 28.2 Å². The van der Waals surface area contributed by atoms with Gasteiger partial charge in [-0.05, 0) is 90.8 Å². The van der Waals surface area contributed by atoms with Crippen LogP contribution >= 0.6 is 0 Å². The first kappa shape index (κ1) is 25.4. The van der Waals surface area contributed by atoms with Gasteiger partial charge >= 0.3 is 0 Å². The van der Waals surface area contributed by atoms with Crippen molar-refractivity contribution >= 4 is 34.6 Å². The highest BCUT2D eigenvalue weighted by atomic mass is 16.3. The molecule has 1 fully saturated rings. The first-order chi connectivity index (χ1) is 18.4. The number of nitrogens with two attached hydrogens (primary N) is 1. The topological polar surface area (TPSA) is 92.7 Å². The number of hydrogen-bond acceptors (Lipinski definition) is 6. The third-order valence-corrected chi connectivity index (χ3v) is 7.00. The van der Waals surface area contributed by atoms with Crippen LogP contribution in [0, 0.1) is 6.92 Å². The second kappa shape index (κ2) is 11.0. The molecule has 5 rings (SSSR count). The number of ketones is 1. The molecule has 0 radical (unpaired) electrons. The number of aromatic nitrogens is 1. The fourth-order valence-corrected chi connectivity index (χ4v) is 4.70. The van der Waals surface area contributed by atoms with E-state index in [1.54, 1.807) is 24.4 Å². The van der Waals surface area contributed by atoms with Gasteiger partial charge in [0.25, 0.3) is 5.91 Å². The van der Waals surface area contributed by atoms with Crippen LogP contribution < -0.4 is 5.73 Å². The molecule has 2 N–H and O–H groups in total. The Kier molecular flexibility index (Phi) is 7.38. The number of nitrogens with zero attached hydrogens (tertiary/aromatic N) is 3. The first-order valence-electron chi connectivity index (χ1n) is 12.9. The predicted octanol–water partition coefficient (Wildman–Crippen LogP) is 4.99. The number of piperazine rings is 1. The number of pyridine rings is 1. The number of likely N-dealkylation sites (N-methyl/N-ethyl adjacent to an activating group) is 1. The Hall–Kier alpha value is -4.23. The molecule has 1 aliphatic rings. The van der Waals surface area contributed by atoms with Crippen LogP contribution in [0.2, 0.25) is 0 Å². The largest absolute Gasteiger partial charge is 0.461 e. The van der Waals surface area contributed by atoms with Gasteiger partial charge in [-0.3, -0.25) is 9.59 Å². The van der Waals surface area contributed by atoms with E-state index in [0.29, 0.717) is 24.2 Å². The third kappa shape index (κ3) is 5.84. The maximum absolute atomic E-state index is 12.9. The summed E-state index contributed by atoms with van der Waals surface area (Å²) >= 11 is 0. The quantitative estimate of drug-likeness (QED) is 0.354. The summed E-state index contributed by atoms with van der Waals surface area (Å²) < 4.78 is 6.09. The molecule has 2 aromatic heterocycles. The van der Waals surface area contributed by atoms with E-state index >= 15 is 0 Å². The molecule has 1 saturated heterocycles. The first-order valence-corrected chi connectivity index (χ1v) is 12.9. The van der Waals surface area contributed by atoms with Crippen LogP contribution in [-0.2, 0) is 11.2 Å². The van der Waals surface area contributed by atoms with Gasteiger partial charge in [-0.25, -0.2) is 4.98 Å². The molecule has 7 nitrogen and oxygen atoms in total. The van der Waals surface area contributed by atoms with E-state index in [4.69, 9.17) is 10.2 Å². The molecule has 4 aromatic rings. The summed E-state index contributed by atoms with van der Waals surface area (Å²) in [6, 6.07) is 17.6. The van der Waals surface area contributed by atoms with E-state index in [9.17, 15) is 9.59 Å². The number of anilines is 1. The molecule has 0 atom stereocenters. The number of benzene rings is 2. The van der Waals surface area contributed by atoms with Crippen LogP contribution in [0.5, 0.6) is 0 Å². The van der Waals surface area contributed by atoms with Crippen molar-refractivity contribution in [2.45, 2.75) is 19.8 Å². The van der Waals surface area contributed by atoms with E-state index in [2.05, 4.69) is 29.1 Å². The molecule has 3 heterocycles. The summed E-state index contributed by atoms with van der Waals surface area (Å²) in [6.07, 6.45) is 5.83. The molecular formula is C31H32N4O3. The van der Waals surface area contributed by atoms with Crippen molar-refractivity contribution in [1.29, 1.82) is 0 Å². The smallest absolute Gasteiger partial charge is 0.253 e. The Morgan fingerprint density at radius 3 is 2.47 bits per heavy atom. The highest BCUT2D eigenvalue weighted by molar-refractivity contribution is 5.95. The Bertz CT molecular complexity index is 1480. The minimum absolute atomic E-state index is 0.0194. The number of allylic oxidation sites excluding steroid dienone is 1. The van der Waals surface area contributed by atoms with Crippen molar-refractivity contribution in [1.82, 2.24) is 14.8 Å². The van der Waals surface area contributed by atoms with E-state index in [1.807, 2.05) is 48.2 Å². The van der Waals surface area contributed by atoms with Gasteiger partial charge < -0.3 is 20.0 Å². The SMILES string of the molecule is Cc1cc(-c2ccc(C(=O)N3CCN(C)CC3)cc2)cc2cc(CCC(=O)/C=C/c3ccc(N)nc3)oc12. The molecule has 1 amide bonds. The number of furan rings is 1. The number of amides is 1. The summed E-state index contributed by atoms with van der Waals surface area (Å²) in [4.78, 5) is 33.4. The lowest BCUT2D eigenvalue weighted by molar-refractivity contribution is -0.114. The molecule has 38 heavy (non-hydrogen) atoms. The lowest BCUT2D eigenvalue weighted by Crippen LogP contribution is -2.47. The van der Waals surface area contributed by atoms with Gasteiger partial charge in [-0.2, -0.15) is 0 Å². The number of carbonyl (C=O) groups is 2. The second-order valence-corrected chi connectivity index (χ2v) is 9.91. The maximum atomic E-state index is 12.9. The van der Waals surface area contributed by atoms with E-state index in [-0.39, 0.29) is 11.7 Å². The number of rotatable bonds is 7. The zero-order valence-electron chi connectivity index (χ0n) is 21.8. The maximum Gasteiger partial charge on any atom is 0.253 e.